The lowest BCUT2D eigenvalue weighted by Crippen LogP contribution is -2.29. The number of aromatic nitrogens is 3. The van der Waals surface area contributed by atoms with Crippen LogP contribution < -0.4 is 15.6 Å². The maximum atomic E-state index is 12.8. The molecule has 1 N–H and O–H groups in total. The third kappa shape index (κ3) is 6.19. The number of ether oxygens (including phenoxy) is 1. The van der Waals surface area contributed by atoms with Gasteiger partial charge in [0.25, 0.3) is 11.5 Å². The van der Waals surface area contributed by atoms with Crippen molar-refractivity contribution in [3.05, 3.63) is 116 Å². The summed E-state index contributed by atoms with van der Waals surface area (Å²) < 4.78 is 9.14. The average Bonchev–Trinajstić information content (AvgIpc) is 3.12. The minimum absolute atomic E-state index is 0.0268. The van der Waals surface area contributed by atoms with Crippen LogP contribution in [0.1, 0.15) is 32.9 Å². The number of nitrogens with one attached hydrogen (secondary N) is 1. The van der Waals surface area contributed by atoms with E-state index in [1.807, 2.05) is 61.0 Å². The van der Waals surface area contributed by atoms with Crippen LogP contribution in [-0.2, 0) is 13.1 Å². The van der Waals surface area contributed by atoms with Crippen molar-refractivity contribution in [2.24, 2.45) is 0 Å². The number of hydrogen-bond acceptors (Lipinski definition) is 4. The topological polar surface area (TPSA) is 78.2 Å². The molecule has 0 fully saturated rings. The van der Waals surface area contributed by atoms with Gasteiger partial charge in [0.2, 0.25) is 0 Å². The predicted octanol–water partition coefficient (Wildman–Crippen LogP) is 4.22. The van der Waals surface area contributed by atoms with Gasteiger partial charge in [-0.15, -0.1) is 0 Å². The summed E-state index contributed by atoms with van der Waals surface area (Å²) in [5.41, 5.74) is 4.12. The molecule has 180 valence electrons. The van der Waals surface area contributed by atoms with E-state index in [0.717, 1.165) is 16.8 Å². The average molecular weight is 491 g/mol. The highest BCUT2D eigenvalue weighted by Crippen LogP contribution is 2.17. The van der Waals surface area contributed by atoms with E-state index in [2.05, 4.69) is 10.4 Å². The lowest BCUT2D eigenvalue weighted by molar-refractivity contribution is 0.0945. The maximum absolute atomic E-state index is 12.8. The first-order chi connectivity index (χ1) is 16.9. The van der Waals surface area contributed by atoms with Crippen LogP contribution in [0.5, 0.6) is 5.75 Å². The van der Waals surface area contributed by atoms with Crippen molar-refractivity contribution in [1.82, 2.24) is 19.7 Å². The number of aryl methyl sites for hydroxylation is 1. The fraction of sp³-hybridized carbons (Fsp3) is 0.222. The molecule has 2 aromatic heterocycles. The molecule has 0 radical (unpaired) electrons. The Bertz CT molecular complexity index is 1380. The third-order valence-corrected chi connectivity index (χ3v) is 5.90. The predicted molar refractivity (Wildman–Crippen MR) is 136 cm³/mol. The molecule has 2 aromatic carbocycles. The number of nitrogens with zero attached hydrogens (tertiary/aromatic N) is 3. The summed E-state index contributed by atoms with van der Waals surface area (Å²) in [6.07, 6.45) is 1.78. The molecule has 8 heteroatoms. The van der Waals surface area contributed by atoms with Crippen molar-refractivity contribution < 1.29 is 9.53 Å². The Labute approximate surface area is 208 Å². The van der Waals surface area contributed by atoms with E-state index in [9.17, 15) is 9.59 Å². The molecule has 35 heavy (non-hydrogen) atoms. The number of amides is 1. The van der Waals surface area contributed by atoms with Crippen LogP contribution in [-0.4, -0.2) is 33.4 Å². The number of hydrogen-bond donors (Lipinski definition) is 1. The van der Waals surface area contributed by atoms with Gasteiger partial charge in [0, 0.05) is 23.0 Å². The molecule has 4 rings (SSSR count). The van der Waals surface area contributed by atoms with E-state index in [1.54, 1.807) is 35.0 Å². The standard InChI is InChI=1S/C27H27ClN4O3/c1-19-26(27(34)29-13-15-35-24-7-5-6-23(28)16-24)20(2)32(30-19)18-22-11-9-21(10-12-22)17-31-14-4-3-8-25(31)33/h3-12,14,16H,13,15,17-18H2,1-2H3,(H,29,34). The molecule has 7 nitrogen and oxygen atoms in total. The molecule has 4 aromatic rings. The Morgan fingerprint density at radius 1 is 1.00 bits per heavy atom. The smallest absolute Gasteiger partial charge is 0.255 e. The monoisotopic (exact) mass is 490 g/mol. The SMILES string of the molecule is Cc1nn(Cc2ccc(Cn3ccccc3=O)cc2)c(C)c1C(=O)NCCOc1cccc(Cl)c1. The lowest BCUT2D eigenvalue weighted by Gasteiger charge is -2.09. The zero-order valence-electron chi connectivity index (χ0n) is 19.7. The number of pyridine rings is 1. The molecule has 0 aliphatic heterocycles. The van der Waals surface area contributed by atoms with E-state index in [-0.39, 0.29) is 11.5 Å². The zero-order valence-corrected chi connectivity index (χ0v) is 20.5. The van der Waals surface area contributed by atoms with Crippen LogP contribution in [0.3, 0.4) is 0 Å². The summed E-state index contributed by atoms with van der Waals surface area (Å²) in [4.78, 5) is 24.7. The Kier molecular flexibility index (Phi) is 7.67. The van der Waals surface area contributed by atoms with Gasteiger partial charge >= 0.3 is 0 Å². The Hall–Kier alpha value is -3.84. The van der Waals surface area contributed by atoms with Crippen LogP contribution in [0, 0.1) is 13.8 Å². The first-order valence-electron chi connectivity index (χ1n) is 11.3. The minimum atomic E-state index is -0.176. The molecule has 0 saturated heterocycles. The van der Waals surface area contributed by atoms with Crippen molar-refractivity contribution in [3.63, 3.8) is 0 Å². The van der Waals surface area contributed by atoms with Crippen LogP contribution in [0.15, 0.2) is 77.7 Å². The number of carbonyl (C=O) groups excluding carboxylic acids is 1. The highest BCUT2D eigenvalue weighted by atomic mass is 35.5. The van der Waals surface area contributed by atoms with Gasteiger partial charge in [-0.25, -0.2) is 0 Å². The van der Waals surface area contributed by atoms with Gasteiger partial charge in [-0.3, -0.25) is 14.3 Å². The number of rotatable bonds is 9. The van der Waals surface area contributed by atoms with Gasteiger partial charge < -0.3 is 14.6 Å². The second-order valence-corrected chi connectivity index (χ2v) is 8.68. The van der Waals surface area contributed by atoms with Gasteiger partial charge in [-0.1, -0.05) is 48.0 Å². The van der Waals surface area contributed by atoms with Crippen LogP contribution in [0.25, 0.3) is 0 Å². The summed E-state index contributed by atoms with van der Waals surface area (Å²) in [5.74, 6) is 0.485. The zero-order chi connectivity index (χ0) is 24.8. The fourth-order valence-corrected chi connectivity index (χ4v) is 4.05. The van der Waals surface area contributed by atoms with Gasteiger partial charge in [0.05, 0.1) is 30.9 Å². The first kappa shape index (κ1) is 24.3. The molecule has 0 atom stereocenters. The molecule has 0 spiro atoms. The molecule has 1 amide bonds. The molecular formula is C27H27ClN4O3. The third-order valence-electron chi connectivity index (χ3n) is 5.67. The molecule has 2 heterocycles. The minimum Gasteiger partial charge on any atom is -0.492 e. The Balaban J connectivity index is 1.35. The van der Waals surface area contributed by atoms with E-state index in [1.165, 1.54) is 0 Å². The van der Waals surface area contributed by atoms with Crippen molar-refractivity contribution in [3.8, 4) is 5.75 Å². The highest BCUT2D eigenvalue weighted by Gasteiger charge is 2.18. The van der Waals surface area contributed by atoms with Gasteiger partial charge in [-0.05, 0) is 49.2 Å². The molecule has 0 aliphatic carbocycles. The maximum Gasteiger partial charge on any atom is 0.255 e. The molecule has 0 saturated carbocycles. The molecular weight excluding hydrogens is 464 g/mol. The van der Waals surface area contributed by atoms with Crippen LogP contribution in [0.4, 0.5) is 0 Å². The number of halogens is 1. The van der Waals surface area contributed by atoms with Crippen LogP contribution in [0.2, 0.25) is 5.02 Å². The van der Waals surface area contributed by atoms with E-state index in [4.69, 9.17) is 16.3 Å². The van der Waals surface area contributed by atoms with E-state index >= 15 is 0 Å². The van der Waals surface area contributed by atoms with E-state index in [0.29, 0.717) is 48.3 Å². The Morgan fingerprint density at radius 3 is 2.46 bits per heavy atom. The molecule has 0 unspecified atom stereocenters. The van der Waals surface area contributed by atoms with Crippen molar-refractivity contribution in [2.45, 2.75) is 26.9 Å². The first-order valence-corrected chi connectivity index (χ1v) is 11.7. The highest BCUT2D eigenvalue weighted by molar-refractivity contribution is 6.30. The lowest BCUT2D eigenvalue weighted by atomic mass is 10.1. The van der Waals surface area contributed by atoms with Crippen molar-refractivity contribution in [2.75, 3.05) is 13.2 Å². The van der Waals surface area contributed by atoms with Gasteiger partial charge in [-0.2, -0.15) is 5.10 Å². The van der Waals surface area contributed by atoms with Crippen LogP contribution >= 0.6 is 11.6 Å². The molecule has 0 aliphatic rings. The Morgan fingerprint density at radius 2 is 1.74 bits per heavy atom. The number of benzene rings is 2. The van der Waals surface area contributed by atoms with Gasteiger partial charge in [0.1, 0.15) is 12.4 Å². The van der Waals surface area contributed by atoms with Crippen molar-refractivity contribution in [1.29, 1.82) is 0 Å². The summed E-state index contributed by atoms with van der Waals surface area (Å²) >= 11 is 5.96. The summed E-state index contributed by atoms with van der Waals surface area (Å²) in [7, 11) is 0. The van der Waals surface area contributed by atoms with E-state index < -0.39 is 0 Å². The quantitative estimate of drug-likeness (QED) is 0.356. The molecule has 0 bridgehead atoms. The van der Waals surface area contributed by atoms with Gasteiger partial charge in [0.15, 0.2) is 0 Å². The normalized spacial score (nSPS) is 10.8. The summed E-state index contributed by atoms with van der Waals surface area (Å²) in [5, 5.41) is 8.08. The van der Waals surface area contributed by atoms with Crippen molar-refractivity contribution >= 4 is 17.5 Å². The largest absolute Gasteiger partial charge is 0.492 e. The number of carbonyl (C=O) groups is 1. The second-order valence-electron chi connectivity index (χ2n) is 8.25. The summed E-state index contributed by atoms with van der Waals surface area (Å²) in [6, 6.07) is 20.3. The fourth-order valence-electron chi connectivity index (χ4n) is 3.87. The summed E-state index contributed by atoms with van der Waals surface area (Å²) in [6.45, 7) is 5.49. The second kappa shape index (κ2) is 11.1.